The smallest absolute Gasteiger partial charge is 0.173 e. The number of aliphatic hydroxyl groups excluding tert-OH is 1. The summed E-state index contributed by atoms with van der Waals surface area (Å²) in [6.45, 7) is 0. The van der Waals surface area contributed by atoms with Gasteiger partial charge in [-0.1, -0.05) is 91.0 Å². The molecule has 3 aromatic carbocycles. The van der Waals surface area contributed by atoms with Crippen LogP contribution in [0.1, 0.15) is 18.4 Å². The first-order valence-corrected chi connectivity index (χ1v) is 11.4. The molecule has 3 nitrogen and oxygen atoms in total. The van der Waals surface area contributed by atoms with E-state index in [4.69, 9.17) is 4.74 Å². The highest BCUT2D eigenvalue weighted by Gasteiger charge is 2.57. The van der Waals surface area contributed by atoms with Crippen molar-refractivity contribution in [3.63, 3.8) is 0 Å². The van der Waals surface area contributed by atoms with Gasteiger partial charge in [0.15, 0.2) is 7.14 Å². The number of benzene rings is 3. The van der Waals surface area contributed by atoms with Gasteiger partial charge in [0.2, 0.25) is 0 Å². The summed E-state index contributed by atoms with van der Waals surface area (Å²) in [6.07, 6.45) is 0.856. The number of methoxy groups -OCH3 is 1. The van der Waals surface area contributed by atoms with Crippen molar-refractivity contribution in [1.82, 2.24) is 0 Å². The van der Waals surface area contributed by atoms with E-state index in [0.717, 1.165) is 18.4 Å². The fourth-order valence-corrected chi connectivity index (χ4v) is 7.25. The minimum Gasteiger partial charge on any atom is -0.389 e. The van der Waals surface area contributed by atoms with Crippen molar-refractivity contribution in [3.05, 3.63) is 96.6 Å². The molecule has 2 atom stereocenters. The molecule has 4 rings (SSSR count). The third-order valence-electron chi connectivity index (χ3n) is 5.85. The third-order valence-corrected chi connectivity index (χ3v) is 9.19. The van der Waals surface area contributed by atoms with Crippen LogP contribution in [0, 0.1) is 0 Å². The number of rotatable bonds is 7. The molecule has 144 valence electrons. The zero-order chi connectivity index (χ0) is 19.6. The molecule has 0 heterocycles. The molecule has 0 aromatic heterocycles. The van der Waals surface area contributed by atoms with Crippen LogP contribution in [0.4, 0.5) is 0 Å². The van der Waals surface area contributed by atoms with E-state index in [0.29, 0.717) is 10.6 Å². The van der Waals surface area contributed by atoms with Gasteiger partial charge in [0.05, 0.1) is 6.10 Å². The Morgan fingerprint density at radius 2 is 1.25 bits per heavy atom. The van der Waals surface area contributed by atoms with Gasteiger partial charge in [-0.25, -0.2) is 0 Å². The molecule has 1 fully saturated rings. The number of hydrogen-bond donors (Lipinski definition) is 1. The van der Waals surface area contributed by atoms with E-state index in [2.05, 4.69) is 0 Å². The van der Waals surface area contributed by atoms with Crippen LogP contribution in [-0.2, 0) is 14.7 Å². The van der Waals surface area contributed by atoms with Crippen LogP contribution in [0.3, 0.4) is 0 Å². The van der Waals surface area contributed by atoms with Crippen molar-refractivity contribution in [2.24, 2.45) is 0 Å². The lowest BCUT2D eigenvalue weighted by Gasteiger charge is -2.35. The van der Waals surface area contributed by atoms with Crippen molar-refractivity contribution >= 4 is 17.8 Å². The van der Waals surface area contributed by atoms with Gasteiger partial charge in [-0.15, -0.1) is 0 Å². The predicted octanol–water partition coefficient (Wildman–Crippen LogP) is 4.07. The predicted molar refractivity (Wildman–Crippen MR) is 114 cm³/mol. The third kappa shape index (κ3) is 3.14. The molecule has 2 unspecified atom stereocenters. The summed E-state index contributed by atoms with van der Waals surface area (Å²) < 4.78 is 20.4. The topological polar surface area (TPSA) is 46.5 Å². The maximum Gasteiger partial charge on any atom is 0.173 e. The average Bonchev–Trinajstić information content (AvgIpc) is 3.58. The summed E-state index contributed by atoms with van der Waals surface area (Å²) in [5, 5.41) is 12.9. The standard InChI is InChI=1S/C24H25O3P/c1-27-23(22(25)24(17-18-24)19-11-5-2-6-12-19)28(26,20-13-7-3-8-14-20)21-15-9-4-10-16-21/h2-16,22-23,25H,17-18H2,1H3. The highest BCUT2D eigenvalue weighted by atomic mass is 31.2. The van der Waals surface area contributed by atoms with E-state index >= 15 is 0 Å². The van der Waals surface area contributed by atoms with E-state index in [9.17, 15) is 9.67 Å². The first-order chi connectivity index (χ1) is 13.6. The second-order valence-corrected chi connectivity index (χ2v) is 10.3. The Morgan fingerprint density at radius 3 is 1.64 bits per heavy atom. The van der Waals surface area contributed by atoms with Crippen LogP contribution >= 0.6 is 7.14 Å². The highest BCUT2D eigenvalue weighted by Crippen LogP contribution is 2.59. The van der Waals surface area contributed by atoms with Gasteiger partial charge >= 0.3 is 0 Å². The van der Waals surface area contributed by atoms with E-state index in [1.807, 2.05) is 91.0 Å². The van der Waals surface area contributed by atoms with E-state index in [1.165, 1.54) is 0 Å². The van der Waals surface area contributed by atoms with Crippen LogP contribution in [0.15, 0.2) is 91.0 Å². The second kappa shape index (κ2) is 7.67. The molecule has 1 N–H and O–H groups in total. The van der Waals surface area contributed by atoms with E-state index in [-0.39, 0.29) is 0 Å². The minimum atomic E-state index is -3.24. The van der Waals surface area contributed by atoms with Crippen molar-refractivity contribution in [1.29, 1.82) is 0 Å². The number of hydrogen-bond acceptors (Lipinski definition) is 3. The summed E-state index contributed by atoms with van der Waals surface area (Å²) in [7, 11) is -1.69. The molecule has 1 aliphatic carbocycles. The normalized spacial score (nSPS) is 17.6. The van der Waals surface area contributed by atoms with Gasteiger partial charge in [0, 0.05) is 23.1 Å². The lowest BCUT2D eigenvalue weighted by Crippen LogP contribution is -2.42. The Bertz CT molecular complexity index is 909. The van der Waals surface area contributed by atoms with Gasteiger partial charge < -0.3 is 14.4 Å². The summed E-state index contributed by atoms with van der Waals surface area (Å²) >= 11 is 0. The second-order valence-electron chi connectivity index (χ2n) is 7.42. The summed E-state index contributed by atoms with van der Waals surface area (Å²) in [6, 6.07) is 28.8. The molecule has 1 saturated carbocycles. The molecule has 28 heavy (non-hydrogen) atoms. The average molecular weight is 392 g/mol. The summed E-state index contributed by atoms with van der Waals surface area (Å²) in [5.74, 6) is -0.819. The first kappa shape index (κ1) is 19.1. The van der Waals surface area contributed by atoms with Crippen molar-refractivity contribution < 1.29 is 14.4 Å². The molecule has 0 amide bonds. The van der Waals surface area contributed by atoms with Crippen molar-refractivity contribution in [2.75, 3.05) is 7.11 Å². The molecule has 0 bridgehead atoms. The zero-order valence-corrected chi connectivity index (χ0v) is 16.8. The van der Waals surface area contributed by atoms with Crippen LogP contribution in [0.5, 0.6) is 0 Å². The molecular formula is C24H25O3P. The highest BCUT2D eigenvalue weighted by molar-refractivity contribution is 7.79. The molecule has 1 aliphatic rings. The van der Waals surface area contributed by atoms with E-state index < -0.39 is 24.5 Å². The van der Waals surface area contributed by atoms with E-state index in [1.54, 1.807) is 7.11 Å². The Balaban J connectivity index is 1.82. The summed E-state index contributed by atoms with van der Waals surface area (Å²) in [4.78, 5) is 0. The van der Waals surface area contributed by atoms with Crippen LogP contribution in [-0.4, -0.2) is 24.2 Å². The Hall–Kier alpha value is -2.19. The molecule has 0 spiro atoms. The minimum absolute atomic E-state index is 0.402. The van der Waals surface area contributed by atoms with Gasteiger partial charge in [0.25, 0.3) is 0 Å². The largest absolute Gasteiger partial charge is 0.389 e. The molecule has 0 radical (unpaired) electrons. The molecule has 0 aliphatic heterocycles. The maximum absolute atomic E-state index is 14.6. The van der Waals surface area contributed by atoms with Gasteiger partial charge in [0.1, 0.15) is 5.85 Å². The van der Waals surface area contributed by atoms with Gasteiger partial charge in [-0.2, -0.15) is 0 Å². The lowest BCUT2D eigenvalue weighted by atomic mass is 9.90. The van der Waals surface area contributed by atoms with Crippen LogP contribution < -0.4 is 10.6 Å². The monoisotopic (exact) mass is 392 g/mol. The maximum atomic E-state index is 14.6. The summed E-state index contributed by atoms with van der Waals surface area (Å²) in [5.41, 5.74) is 0.679. The SMILES string of the molecule is COC(C(O)C1(c2ccccc2)CC1)P(=O)(c1ccccc1)c1ccccc1. The van der Waals surface area contributed by atoms with Crippen LogP contribution in [0.2, 0.25) is 0 Å². The Morgan fingerprint density at radius 1 is 0.821 bits per heavy atom. The number of ether oxygens (including phenoxy) is 1. The fourth-order valence-electron chi connectivity index (χ4n) is 4.15. The van der Waals surface area contributed by atoms with Gasteiger partial charge in [-0.3, -0.25) is 0 Å². The Labute approximate surface area is 166 Å². The molecule has 3 aromatic rings. The lowest BCUT2D eigenvalue weighted by molar-refractivity contribution is 0.0129. The molecular weight excluding hydrogens is 367 g/mol. The van der Waals surface area contributed by atoms with Crippen molar-refractivity contribution in [2.45, 2.75) is 30.2 Å². The molecule has 4 heteroatoms. The van der Waals surface area contributed by atoms with Crippen molar-refractivity contribution in [3.8, 4) is 0 Å². The van der Waals surface area contributed by atoms with Gasteiger partial charge in [-0.05, 0) is 18.4 Å². The quantitative estimate of drug-likeness (QED) is 0.617. The van der Waals surface area contributed by atoms with Crippen LogP contribution in [0.25, 0.3) is 0 Å². The first-order valence-electron chi connectivity index (χ1n) is 9.60. The molecule has 0 saturated heterocycles. The fraction of sp³-hybridized carbons (Fsp3) is 0.250. The zero-order valence-electron chi connectivity index (χ0n) is 15.9. The number of aliphatic hydroxyl groups is 1. The Kier molecular flexibility index (Phi) is 5.25.